The monoisotopic (exact) mass is 362 g/mol. The Morgan fingerprint density at radius 3 is 2.56 bits per heavy atom. The van der Waals surface area contributed by atoms with Crippen molar-refractivity contribution in [2.45, 2.75) is 44.4 Å². The van der Waals surface area contributed by atoms with E-state index in [0.29, 0.717) is 11.3 Å². The Morgan fingerprint density at radius 2 is 1.96 bits per heavy atom. The molecule has 2 N–H and O–H groups in total. The van der Waals surface area contributed by atoms with E-state index in [1.54, 1.807) is 26.0 Å². The number of carbonyl (C=O) groups excluding carboxylic acids is 1. The predicted molar refractivity (Wildman–Crippen MR) is 95.7 cm³/mol. The van der Waals surface area contributed by atoms with Crippen LogP contribution in [-0.2, 0) is 10.5 Å². The summed E-state index contributed by atoms with van der Waals surface area (Å²) in [5.74, 6) is -0.453. The number of aliphatic carboxylic acids is 1. The van der Waals surface area contributed by atoms with Gasteiger partial charge in [-0.2, -0.15) is 0 Å². The average molecular weight is 362 g/mol. The molecule has 2 rings (SSSR count). The van der Waals surface area contributed by atoms with Crippen molar-refractivity contribution in [3.05, 3.63) is 46.8 Å². The lowest BCUT2D eigenvalue weighted by Crippen LogP contribution is -2.40. The number of aromatic nitrogens is 1. The van der Waals surface area contributed by atoms with Crippen molar-refractivity contribution in [1.29, 1.82) is 0 Å². The zero-order valence-electron chi connectivity index (χ0n) is 14.7. The summed E-state index contributed by atoms with van der Waals surface area (Å²) in [5.41, 5.74) is 2.40. The van der Waals surface area contributed by atoms with Crippen LogP contribution >= 0.6 is 11.8 Å². The molecule has 25 heavy (non-hydrogen) atoms. The van der Waals surface area contributed by atoms with Crippen molar-refractivity contribution in [1.82, 2.24) is 10.5 Å². The van der Waals surface area contributed by atoms with Gasteiger partial charge in [0.1, 0.15) is 5.76 Å². The molecule has 1 aromatic carbocycles. The van der Waals surface area contributed by atoms with Gasteiger partial charge in [-0.25, -0.2) is 0 Å². The van der Waals surface area contributed by atoms with Crippen LogP contribution in [-0.4, -0.2) is 28.2 Å². The molecule has 0 aliphatic heterocycles. The molecule has 0 saturated carbocycles. The molecule has 0 saturated heterocycles. The van der Waals surface area contributed by atoms with Crippen molar-refractivity contribution < 1.29 is 19.2 Å². The Balaban J connectivity index is 2.12. The maximum Gasteiger partial charge on any atom is 0.308 e. The first-order valence-electron chi connectivity index (χ1n) is 7.98. The number of carboxylic acids is 1. The van der Waals surface area contributed by atoms with Crippen LogP contribution in [0.2, 0.25) is 0 Å². The predicted octanol–water partition coefficient (Wildman–Crippen LogP) is 3.42. The maximum atomic E-state index is 12.5. The molecular weight excluding hydrogens is 340 g/mol. The summed E-state index contributed by atoms with van der Waals surface area (Å²) >= 11 is 1.53. The fraction of sp³-hybridized carbons (Fsp3) is 0.389. The van der Waals surface area contributed by atoms with Gasteiger partial charge in [-0.05, 0) is 39.8 Å². The molecule has 2 unspecified atom stereocenters. The fourth-order valence-corrected chi connectivity index (χ4v) is 3.46. The fourth-order valence-electron chi connectivity index (χ4n) is 2.26. The quantitative estimate of drug-likeness (QED) is 0.733. The van der Waals surface area contributed by atoms with Gasteiger partial charge in [0.15, 0.2) is 0 Å². The van der Waals surface area contributed by atoms with Crippen LogP contribution < -0.4 is 5.32 Å². The second-order valence-corrected chi connectivity index (χ2v) is 6.99. The zero-order valence-corrected chi connectivity index (χ0v) is 15.5. The van der Waals surface area contributed by atoms with E-state index in [1.807, 2.05) is 26.0 Å². The molecule has 2 aromatic rings. The van der Waals surface area contributed by atoms with Crippen molar-refractivity contribution in [3.8, 4) is 0 Å². The highest BCUT2D eigenvalue weighted by Crippen LogP contribution is 2.28. The van der Waals surface area contributed by atoms with Gasteiger partial charge in [-0.3, -0.25) is 9.59 Å². The van der Waals surface area contributed by atoms with E-state index >= 15 is 0 Å². The van der Waals surface area contributed by atoms with Gasteiger partial charge >= 0.3 is 5.97 Å². The number of thioether (sulfide) groups is 1. The zero-order chi connectivity index (χ0) is 18.6. The molecule has 1 aromatic heterocycles. The summed E-state index contributed by atoms with van der Waals surface area (Å²) in [6.45, 7) is 7.02. The van der Waals surface area contributed by atoms with E-state index in [-0.39, 0.29) is 5.91 Å². The van der Waals surface area contributed by atoms with E-state index < -0.39 is 17.9 Å². The minimum atomic E-state index is -0.936. The first-order chi connectivity index (χ1) is 11.8. The van der Waals surface area contributed by atoms with Crippen molar-refractivity contribution in [3.63, 3.8) is 0 Å². The van der Waals surface area contributed by atoms with Gasteiger partial charge in [0, 0.05) is 22.3 Å². The van der Waals surface area contributed by atoms with E-state index in [9.17, 15) is 9.59 Å². The summed E-state index contributed by atoms with van der Waals surface area (Å²) < 4.78 is 5.16. The van der Waals surface area contributed by atoms with Gasteiger partial charge in [0.2, 0.25) is 0 Å². The van der Waals surface area contributed by atoms with E-state index in [0.717, 1.165) is 21.9 Å². The van der Waals surface area contributed by atoms with Crippen LogP contribution in [0.15, 0.2) is 33.7 Å². The van der Waals surface area contributed by atoms with Crippen LogP contribution in [0.4, 0.5) is 0 Å². The highest BCUT2D eigenvalue weighted by atomic mass is 32.2. The van der Waals surface area contributed by atoms with E-state index in [4.69, 9.17) is 9.63 Å². The first kappa shape index (κ1) is 19.1. The minimum absolute atomic E-state index is 0.275. The molecule has 6 nitrogen and oxygen atoms in total. The Kier molecular flexibility index (Phi) is 6.25. The SMILES string of the molecule is Cc1noc(C)c1CSc1ccccc1C(=O)NC(C)C(C)C(=O)O. The topological polar surface area (TPSA) is 92.4 Å². The molecule has 1 heterocycles. The van der Waals surface area contributed by atoms with E-state index in [2.05, 4.69) is 10.5 Å². The Labute approximate surface area is 151 Å². The van der Waals surface area contributed by atoms with Gasteiger partial charge < -0.3 is 14.9 Å². The number of carbonyl (C=O) groups is 2. The molecule has 0 spiro atoms. The lowest BCUT2D eigenvalue weighted by Gasteiger charge is -2.18. The van der Waals surface area contributed by atoms with Gasteiger partial charge in [0.05, 0.1) is 17.2 Å². The summed E-state index contributed by atoms with van der Waals surface area (Å²) in [6, 6.07) is 6.81. The number of hydrogen-bond acceptors (Lipinski definition) is 5. The van der Waals surface area contributed by atoms with Crippen LogP contribution in [0.25, 0.3) is 0 Å². The second-order valence-electron chi connectivity index (χ2n) is 5.98. The standard InChI is InChI=1S/C18H22N2O4S/c1-10(18(22)23)11(2)19-17(21)14-7-5-6-8-16(14)25-9-15-12(3)20-24-13(15)4/h5-8,10-11H,9H2,1-4H3,(H,19,21)(H,22,23). The summed E-state index contributed by atoms with van der Waals surface area (Å²) in [4.78, 5) is 24.4. The molecular formula is C18H22N2O4S. The molecule has 0 aliphatic carbocycles. The van der Waals surface area contributed by atoms with Crippen molar-refractivity contribution in [2.75, 3.05) is 0 Å². The highest BCUT2D eigenvalue weighted by Gasteiger charge is 2.22. The lowest BCUT2D eigenvalue weighted by molar-refractivity contribution is -0.141. The number of amides is 1. The maximum absolute atomic E-state index is 12.5. The third-order valence-electron chi connectivity index (χ3n) is 4.18. The average Bonchev–Trinajstić information content (AvgIpc) is 2.90. The summed E-state index contributed by atoms with van der Waals surface area (Å²) in [5, 5.41) is 15.8. The van der Waals surface area contributed by atoms with Crippen molar-refractivity contribution in [2.24, 2.45) is 5.92 Å². The number of rotatable bonds is 7. The van der Waals surface area contributed by atoms with Gasteiger partial charge in [-0.1, -0.05) is 17.3 Å². The molecule has 1 amide bonds. The Bertz CT molecular complexity index is 753. The molecule has 0 aliphatic rings. The highest BCUT2D eigenvalue weighted by molar-refractivity contribution is 7.98. The Morgan fingerprint density at radius 1 is 1.28 bits per heavy atom. The molecule has 0 bridgehead atoms. The minimum Gasteiger partial charge on any atom is -0.481 e. The molecule has 0 fully saturated rings. The smallest absolute Gasteiger partial charge is 0.308 e. The number of carboxylic acid groups (broad SMARTS) is 1. The first-order valence-corrected chi connectivity index (χ1v) is 8.97. The number of hydrogen-bond donors (Lipinski definition) is 2. The second kappa shape index (κ2) is 8.20. The third kappa shape index (κ3) is 4.63. The molecule has 2 atom stereocenters. The summed E-state index contributed by atoms with van der Waals surface area (Å²) in [7, 11) is 0. The lowest BCUT2D eigenvalue weighted by atomic mass is 10.0. The number of benzene rings is 1. The molecule has 0 radical (unpaired) electrons. The third-order valence-corrected chi connectivity index (χ3v) is 5.28. The van der Waals surface area contributed by atoms with Crippen LogP contribution in [0, 0.1) is 19.8 Å². The van der Waals surface area contributed by atoms with Crippen LogP contribution in [0.1, 0.15) is 41.2 Å². The van der Waals surface area contributed by atoms with Crippen molar-refractivity contribution >= 4 is 23.6 Å². The van der Waals surface area contributed by atoms with Crippen LogP contribution in [0.3, 0.4) is 0 Å². The number of nitrogens with one attached hydrogen (secondary N) is 1. The van der Waals surface area contributed by atoms with Gasteiger partial charge in [0.25, 0.3) is 5.91 Å². The Hall–Kier alpha value is -2.28. The molecule has 7 heteroatoms. The number of nitrogens with zero attached hydrogens (tertiary/aromatic N) is 1. The summed E-state index contributed by atoms with van der Waals surface area (Å²) in [6.07, 6.45) is 0. The van der Waals surface area contributed by atoms with Gasteiger partial charge in [-0.15, -0.1) is 11.8 Å². The normalized spacial score (nSPS) is 13.3. The largest absolute Gasteiger partial charge is 0.481 e. The molecule has 134 valence electrons. The van der Waals surface area contributed by atoms with E-state index in [1.165, 1.54) is 11.8 Å². The number of aryl methyl sites for hydroxylation is 2. The van der Waals surface area contributed by atoms with Crippen LogP contribution in [0.5, 0.6) is 0 Å².